The zero-order valence-corrected chi connectivity index (χ0v) is 14.3. The Morgan fingerprint density at radius 2 is 2.00 bits per heavy atom. The summed E-state index contributed by atoms with van der Waals surface area (Å²) in [6.45, 7) is 5.81. The molecule has 0 aromatic heterocycles. The molecule has 9 nitrogen and oxygen atoms in total. The summed E-state index contributed by atoms with van der Waals surface area (Å²) in [4.78, 5) is 32.5. The van der Waals surface area contributed by atoms with Crippen LogP contribution < -0.4 is 16.8 Å². The number of primary amides is 2. The highest BCUT2D eigenvalue weighted by molar-refractivity contribution is 5.94. The van der Waals surface area contributed by atoms with Crippen molar-refractivity contribution >= 4 is 23.4 Å². The quantitative estimate of drug-likeness (QED) is 0.389. The van der Waals surface area contributed by atoms with Crippen molar-refractivity contribution in [1.82, 2.24) is 0 Å². The van der Waals surface area contributed by atoms with Crippen LogP contribution in [0, 0.1) is 15.5 Å². The van der Waals surface area contributed by atoms with Crippen LogP contribution in [0.25, 0.3) is 0 Å². The molecule has 0 aliphatic heterocycles. The molecule has 0 aliphatic rings. The third-order valence-electron chi connectivity index (χ3n) is 3.37. The van der Waals surface area contributed by atoms with Crippen molar-refractivity contribution in [3.63, 3.8) is 0 Å². The number of carbonyl (C=O) groups excluding carboxylic acids is 2. The Morgan fingerprint density at radius 3 is 2.48 bits per heavy atom. The molecule has 0 bridgehead atoms. The van der Waals surface area contributed by atoms with Gasteiger partial charge < -0.3 is 21.5 Å². The molecule has 1 aromatic carbocycles. The monoisotopic (exact) mass is 350 g/mol. The molecule has 136 valence electrons. The average molecular weight is 350 g/mol. The van der Waals surface area contributed by atoms with Gasteiger partial charge in [0.05, 0.1) is 4.92 Å². The number of nitrogens with two attached hydrogens (primary N) is 2. The maximum Gasteiger partial charge on any atom is 0.404 e. The minimum absolute atomic E-state index is 0.00764. The molecule has 0 heterocycles. The van der Waals surface area contributed by atoms with Crippen LogP contribution in [0.15, 0.2) is 30.4 Å². The van der Waals surface area contributed by atoms with E-state index < -0.39 is 16.9 Å². The first-order valence-corrected chi connectivity index (χ1v) is 7.46. The SMILES string of the molecule is CC(C)(C)C(/C=C/COC(N)=O)Nc1ccc(C(N)=O)cc1[N+](=O)[O-]. The lowest BCUT2D eigenvalue weighted by Crippen LogP contribution is -2.32. The second-order valence-corrected chi connectivity index (χ2v) is 6.40. The van der Waals surface area contributed by atoms with Crippen molar-refractivity contribution in [2.75, 3.05) is 11.9 Å². The number of hydrogen-bond donors (Lipinski definition) is 3. The fourth-order valence-corrected chi connectivity index (χ4v) is 2.00. The molecule has 1 rings (SSSR count). The van der Waals surface area contributed by atoms with Gasteiger partial charge in [-0.05, 0) is 23.6 Å². The van der Waals surface area contributed by atoms with Gasteiger partial charge in [-0.3, -0.25) is 14.9 Å². The zero-order valence-electron chi connectivity index (χ0n) is 14.3. The van der Waals surface area contributed by atoms with E-state index in [9.17, 15) is 19.7 Å². The number of hydrogen-bond acceptors (Lipinski definition) is 6. The highest BCUT2D eigenvalue weighted by Crippen LogP contribution is 2.30. The molecular formula is C16H22N4O5. The Morgan fingerprint density at radius 1 is 1.36 bits per heavy atom. The van der Waals surface area contributed by atoms with Gasteiger partial charge in [0.25, 0.3) is 5.69 Å². The number of nitro benzene ring substituents is 1. The normalized spacial score (nSPS) is 12.6. The van der Waals surface area contributed by atoms with Crippen LogP contribution in [0.3, 0.4) is 0 Å². The van der Waals surface area contributed by atoms with Crippen molar-refractivity contribution in [3.05, 3.63) is 46.0 Å². The largest absolute Gasteiger partial charge is 0.445 e. The molecule has 0 saturated heterocycles. The third-order valence-corrected chi connectivity index (χ3v) is 3.37. The lowest BCUT2D eigenvalue weighted by Gasteiger charge is -2.30. The van der Waals surface area contributed by atoms with E-state index in [2.05, 4.69) is 10.1 Å². The topological polar surface area (TPSA) is 151 Å². The summed E-state index contributed by atoms with van der Waals surface area (Å²) in [7, 11) is 0. The van der Waals surface area contributed by atoms with E-state index in [1.807, 2.05) is 20.8 Å². The van der Waals surface area contributed by atoms with Crippen LogP contribution in [0.4, 0.5) is 16.2 Å². The molecule has 1 unspecified atom stereocenters. The van der Waals surface area contributed by atoms with Gasteiger partial charge in [0, 0.05) is 17.7 Å². The Labute approximate surface area is 145 Å². The Kier molecular flexibility index (Phi) is 6.49. The molecule has 0 radical (unpaired) electrons. The summed E-state index contributed by atoms with van der Waals surface area (Å²) in [5.41, 5.74) is 9.78. The summed E-state index contributed by atoms with van der Waals surface area (Å²) in [5.74, 6) is -0.745. The first kappa shape index (κ1) is 19.9. The number of benzene rings is 1. The summed E-state index contributed by atoms with van der Waals surface area (Å²) in [6.07, 6.45) is 2.44. The highest BCUT2D eigenvalue weighted by atomic mass is 16.6. The number of nitrogens with one attached hydrogen (secondary N) is 1. The summed E-state index contributed by atoms with van der Waals surface area (Å²) in [5, 5.41) is 14.4. The van der Waals surface area contributed by atoms with E-state index in [0.29, 0.717) is 0 Å². The van der Waals surface area contributed by atoms with Crippen LogP contribution in [0.2, 0.25) is 0 Å². The lowest BCUT2D eigenvalue weighted by atomic mass is 9.86. The average Bonchev–Trinajstić information content (AvgIpc) is 2.48. The summed E-state index contributed by atoms with van der Waals surface area (Å²) >= 11 is 0. The Bertz CT molecular complexity index is 694. The molecular weight excluding hydrogens is 328 g/mol. The van der Waals surface area contributed by atoms with Gasteiger partial charge in [-0.25, -0.2) is 4.79 Å². The zero-order chi connectivity index (χ0) is 19.2. The predicted molar refractivity (Wildman–Crippen MR) is 93.2 cm³/mol. The van der Waals surface area contributed by atoms with E-state index in [0.717, 1.165) is 6.07 Å². The number of nitro groups is 1. The second-order valence-electron chi connectivity index (χ2n) is 6.40. The Hall–Kier alpha value is -3.10. The third kappa shape index (κ3) is 6.13. The van der Waals surface area contributed by atoms with E-state index >= 15 is 0 Å². The first-order chi connectivity index (χ1) is 11.5. The van der Waals surface area contributed by atoms with Gasteiger partial charge in [0.1, 0.15) is 12.3 Å². The molecule has 25 heavy (non-hydrogen) atoms. The standard InChI is InChI=1S/C16H22N4O5/c1-16(2,3)13(5-4-8-25-15(18)22)19-11-7-6-10(14(17)21)9-12(11)20(23)24/h4-7,9,13,19H,8H2,1-3H3,(H2,17,21)(H2,18,22)/b5-4+. The van der Waals surface area contributed by atoms with Crippen molar-refractivity contribution in [2.45, 2.75) is 26.8 Å². The van der Waals surface area contributed by atoms with Gasteiger partial charge in [0.15, 0.2) is 0 Å². The summed E-state index contributed by atoms with van der Waals surface area (Å²) in [6, 6.07) is 3.66. The maximum atomic E-state index is 11.3. The smallest absolute Gasteiger partial charge is 0.404 e. The van der Waals surface area contributed by atoms with E-state index in [1.54, 1.807) is 12.2 Å². The molecule has 0 aliphatic carbocycles. The molecule has 1 aromatic rings. The lowest BCUT2D eigenvalue weighted by molar-refractivity contribution is -0.384. The van der Waals surface area contributed by atoms with Crippen LogP contribution >= 0.6 is 0 Å². The van der Waals surface area contributed by atoms with Crippen molar-refractivity contribution in [1.29, 1.82) is 0 Å². The molecule has 9 heteroatoms. The second kappa shape index (κ2) is 8.13. The van der Waals surface area contributed by atoms with Gasteiger partial charge in [0.2, 0.25) is 5.91 Å². The molecule has 0 spiro atoms. The predicted octanol–water partition coefficient (Wildman–Crippen LogP) is 2.17. The maximum absolute atomic E-state index is 11.3. The van der Waals surface area contributed by atoms with Crippen LogP contribution in [-0.2, 0) is 4.74 Å². The minimum Gasteiger partial charge on any atom is -0.445 e. The van der Waals surface area contributed by atoms with E-state index in [1.165, 1.54) is 12.1 Å². The number of ether oxygens (including phenoxy) is 1. The summed E-state index contributed by atoms with van der Waals surface area (Å²) < 4.78 is 4.62. The van der Waals surface area contributed by atoms with Crippen LogP contribution in [0.5, 0.6) is 0 Å². The molecule has 5 N–H and O–H groups in total. The number of amides is 2. The van der Waals surface area contributed by atoms with Crippen LogP contribution in [0.1, 0.15) is 31.1 Å². The minimum atomic E-state index is -0.886. The molecule has 2 amide bonds. The van der Waals surface area contributed by atoms with Gasteiger partial charge in [-0.1, -0.05) is 26.8 Å². The van der Waals surface area contributed by atoms with Crippen molar-refractivity contribution < 1.29 is 19.2 Å². The molecule has 0 fully saturated rings. The van der Waals surface area contributed by atoms with Crippen molar-refractivity contribution in [3.8, 4) is 0 Å². The number of nitrogens with zero attached hydrogens (tertiary/aromatic N) is 1. The van der Waals surface area contributed by atoms with Crippen molar-refractivity contribution in [2.24, 2.45) is 16.9 Å². The highest BCUT2D eigenvalue weighted by Gasteiger charge is 2.25. The molecule has 1 atom stereocenters. The number of carbonyl (C=O) groups is 2. The number of anilines is 1. The van der Waals surface area contributed by atoms with Crippen LogP contribution in [-0.4, -0.2) is 29.6 Å². The fourth-order valence-electron chi connectivity index (χ4n) is 2.00. The van der Waals surface area contributed by atoms with Gasteiger partial charge >= 0.3 is 6.09 Å². The van der Waals surface area contributed by atoms with Gasteiger partial charge in [-0.15, -0.1) is 0 Å². The molecule has 0 saturated carbocycles. The Balaban J connectivity index is 3.09. The first-order valence-electron chi connectivity index (χ1n) is 7.46. The fraction of sp³-hybridized carbons (Fsp3) is 0.375. The van der Waals surface area contributed by atoms with E-state index in [4.69, 9.17) is 11.5 Å². The van der Waals surface area contributed by atoms with E-state index in [-0.39, 0.29) is 35.0 Å². The van der Waals surface area contributed by atoms with Gasteiger partial charge in [-0.2, -0.15) is 0 Å². The number of rotatable bonds is 7.